The summed E-state index contributed by atoms with van der Waals surface area (Å²) < 4.78 is 0. The molecule has 0 unspecified atom stereocenters. The number of nitrogens with one attached hydrogen (secondary N) is 2. The topological polar surface area (TPSA) is 112 Å². The lowest BCUT2D eigenvalue weighted by Gasteiger charge is -1.96. The van der Waals surface area contributed by atoms with Gasteiger partial charge in [-0.3, -0.25) is 15.3 Å². The van der Waals surface area contributed by atoms with E-state index in [1.54, 1.807) is 5.48 Å². The zero-order valence-electron chi connectivity index (χ0n) is 7.06. The molecule has 13 heavy (non-hydrogen) atoms. The first-order valence-electron chi connectivity index (χ1n) is 3.87. The van der Waals surface area contributed by atoms with Gasteiger partial charge >= 0.3 is 0 Å². The Labute approximate surface area is 75.0 Å². The maximum absolute atomic E-state index is 8.28. The van der Waals surface area contributed by atoms with Gasteiger partial charge in [-0.1, -0.05) is 0 Å². The minimum atomic E-state index is 0.0255. The third-order valence-corrected chi connectivity index (χ3v) is 1.43. The number of aryl methyl sites for hydroxylation is 1. The van der Waals surface area contributed by atoms with Gasteiger partial charge in [-0.25, -0.2) is 10.5 Å². The van der Waals surface area contributed by atoms with Crippen LogP contribution in [0.25, 0.3) is 0 Å². The van der Waals surface area contributed by atoms with Crippen molar-refractivity contribution in [1.29, 1.82) is 0 Å². The molecule has 7 nitrogen and oxygen atoms in total. The number of hydrogen-bond acceptors (Lipinski definition) is 4. The quantitative estimate of drug-likeness (QED) is 0.208. The normalized spacial score (nSPS) is 11.6. The van der Waals surface area contributed by atoms with E-state index in [9.17, 15) is 0 Å². The first kappa shape index (κ1) is 9.46. The molecule has 0 radical (unpaired) electrons. The molecule has 1 aromatic heterocycles. The monoisotopic (exact) mass is 184 g/mol. The molecule has 0 saturated heterocycles. The third-order valence-electron chi connectivity index (χ3n) is 1.43. The number of hydroxylamine groups is 1. The summed E-state index contributed by atoms with van der Waals surface area (Å²) >= 11 is 0. The molecule has 7 heteroatoms. The molecule has 0 fully saturated rings. The van der Waals surface area contributed by atoms with E-state index < -0.39 is 0 Å². The van der Waals surface area contributed by atoms with Gasteiger partial charge in [-0.05, 0) is 6.42 Å². The summed E-state index contributed by atoms with van der Waals surface area (Å²) in [6.45, 7) is 0.542. The van der Waals surface area contributed by atoms with E-state index in [-0.39, 0.29) is 5.96 Å². The molecule has 5 N–H and O–H groups in total. The summed E-state index contributed by atoms with van der Waals surface area (Å²) in [5.41, 5.74) is 6.94. The van der Waals surface area contributed by atoms with E-state index >= 15 is 0 Å². The minimum absolute atomic E-state index is 0.0255. The number of guanidine groups is 1. The fraction of sp³-hybridized carbons (Fsp3) is 0.500. The number of aromatic nitrogens is 3. The van der Waals surface area contributed by atoms with Crippen LogP contribution in [-0.4, -0.2) is 32.9 Å². The van der Waals surface area contributed by atoms with Crippen LogP contribution in [0.3, 0.4) is 0 Å². The zero-order chi connectivity index (χ0) is 9.52. The first-order chi connectivity index (χ1) is 6.33. The van der Waals surface area contributed by atoms with Crippen molar-refractivity contribution < 1.29 is 5.21 Å². The van der Waals surface area contributed by atoms with Crippen LogP contribution in [0, 0.1) is 0 Å². The van der Waals surface area contributed by atoms with Crippen molar-refractivity contribution in [2.75, 3.05) is 6.54 Å². The van der Waals surface area contributed by atoms with Crippen molar-refractivity contribution >= 4 is 5.96 Å². The Bertz CT molecular complexity index is 256. The van der Waals surface area contributed by atoms with Crippen LogP contribution < -0.4 is 11.2 Å². The molecule has 0 amide bonds. The molecule has 72 valence electrons. The lowest BCUT2D eigenvalue weighted by Crippen LogP contribution is -2.28. The van der Waals surface area contributed by atoms with Crippen molar-refractivity contribution in [3.8, 4) is 0 Å². The predicted molar refractivity (Wildman–Crippen MR) is 46.1 cm³/mol. The van der Waals surface area contributed by atoms with Crippen molar-refractivity contribution in [3.63, 3.8) is 0 Å². The van der Waals surface area contributed by atoms with Crippen LogP contribution in [-0.2, 0) is 6.42 Å². The van der Waals surface area contributed by atoms with Gasteiger partial charge in [0.05, 0.1) is 0 Å². The second kappa shape index (κ2) is 5.09. The van der Waals surface area contributed by atoms with Crippen LogP contribution in [0.1, 0.15) is 12.2 Å². The molecule has 0 spiro atoms. The van der Waals surface area contributed by atoms with Crippen LogP contribution in [0.2, 0.25) is 0 Å². The molecule has 0 aliphatic rings. The number of hydrogen-bond donors (Lipinski definition) is 4. The number of nitrogens with zero attached hydrogens (tertiary/aromatic N) is 3. The molecule has 0 aromatic carbocycles. The molecule has 0 atom stereocenters. The number of aliphatic imine (C=N–C) groups is 1. The summed E-state index contributed by atoms with van der Waals surface area (Å²) in [5.74, 6) is 0.850. The van der Waals surface area contributed by atoms with Crippen LogP contribution in [0.15, 0.2) is 11.3 Å². The summed E-state index contributed by atoms with van der Waals surface area (Å²) in [5, 5.41) is 14.7. The van der Waals surface area contributed by atoms with E-state index in [2.05, 4.69) is 20.2 Å². The van der Waals surface area contributed by atoms with Crippen molar-refractivity contribution in [2.24, 2.45) is 10.7 Å². The van der Waals surface area contributed by atoms with E-state index in [0.29, 0.717) is 6.54 Å². The molecular weight excluding hydrogens is 172 g/mol. The van der Waals surface area contributed by atoms with Crippen molar-refractivity contribution in [1.82, 2.24) is 20.7 Å². The van der Waals surface area contributed by atoms with E-state index in [4.69, 9.17) is 10.9 Å². The first-order valence-corrected chi connectivity index (χ1v) is 3.87. The number of rotatable bonds is 4. The molecule has 1 rings (SSSR count). The third kappa shape index (κ3) is 3.52. The second-order valence-electron chi connectivity index (χ2n) is 2.41. The second-order valence-corrected chi connectivity index (χ2v) is 2.41. The summed E-state index contributed by atoms with van der Waals surface area (Å²) in [6, 6.07) is 0. The van der Waals surface area contributed by atoms with Gasteiger partial charge in [0.2, 0.25) is 5.96 Å². The average molecular weight is 184 g/mol. The Balaban J connectivity index is 2.15. The zero-order valence-corrected chi connectivity index (χ0v) is 7.06. The van der Waals surface area contributed by atoms with Crippen LogP contribution in [0.4, 0.5) is 0 Å². The summed E-state index contributed by atoms with van der Waals surface area (Å²) in [4.78, 5) is 7.75. The molecule has 1 aromatic rings. The fourth-order valence-electron chi connectivity index (χ4n) is 0.833. The largest absolute Gasteiger partial charge is 0.368 e. The highest BCUT2D eigenvalue weighted by molar-refractivity contribution is 5.76. The summed E-state index contributed by atoms with van der Waals surface area (Å²) in [6.07, 6.45) is 3.03. The van der Waals surface area contributed by atoms with Gasteiger partial charge in [0.1, 0.15) is 12.2 Å². The Morgan fingerprint density at radius 3 is 3.23 bits per heavy atom. The van der Waals surface area contributed by atoms with Gasteiger partial charge < -0.3 is 5.73 Å². The van der Waals surface area contributed by atoms with E-state index in [1.807, 2.05) is 0 Å². The molecule has 0 bridgehead atoms. The lowest BCUT2D eigenvalue weighted by atomic mass is 10.3. The Morgan fingerprint density at radius 1 is 1.77 bits per heavy atom. The molecule has 1 heterocycles. The number of aromatic amines is 1. The van der Waals surface area contributed by atoms with Crippen LogP contribution in [0.5, 0.6) is 0 Å². The minimum Gasteiger partial charge on any atom is -0.368 e. The van der Waals surface area contributed by atoms with Crippen molar-refractivity contribution in [2.45, 2.75) is 12.8 Å². The van der Waals surface area contributed by atoms with Gasteiger partial charge in [-0.15, -0.1) is 0 Å². The van der Waals surface area contributed by atoms with Crippen LogP contribution >= 0.6 is 0 Å². The van der Waals surface area contributed by atoms with E-state index in [1.165, 1.54) is 6.33 Å². The Kier molecular flexibility index (Phi) is 3.71. The molecular formula is C6H12N6O. The maximum atomic E-state index is 8.28. The van der Waals surface area contributed by atoms with E-state index in [0.717, 1.165) is 18.7 Å². The predicted octanol–water partition coefficient (Wildman–Crippen LogP) is -0.969. The molecule has 0 aliphatic heterocycles. The summed E-state index contributed by atoms with van der Waals surface area (Å²) in [7, 11) is 0. The SMILES string of the molecule is NC(=NCCCc1ncn[nH]1)NO. The van der Waals surface area contributed by atoms with Gasteiger partial charge in [-0.2, -0.15) is 5.10 Å². The average Bonchev–Trinajstić information content (AvgIpc) is 2.64. The standard InChI is InChI=1S/C6H12N6O/c7-6(12-13)8-3-1-2-5-9-4-10-11-5/h4,13H,1-3H2,(H3,7,8,12)(H,9,10,11). The van der Waals surface area contributed by atoms with Gasteiger partial charge in [0.15, 0.2) is 0 Å². The fourth-order valence-corrected chi connectivity index (χ4v) is 0.833. The Hall–Kier alpha value is -1.63. The highest BCUT2D eigenvalue weighted by Gasteiger charge is 1.94. The van der Waals surface area contributed by atoms with Gasteiger partial charge in [0.25, 0.3) is 0 Å². The smallest absolute Gasteiger partial charge is 0.212 e. The lowest BCUT2D eigenvalue weighted by molar-refractivity contribution is 0.232. The Morgan fingerprint density at radius 2 is 2.62 bits per heavy atom. The highest BCUT2D eigenvalue weighted by Crippen LogP contribution is 1.92. The number of H-pyrrole nitrogens is 1. The van der Waals surface area contributed by atoms with Crippen molar-refractivity contribution in [3.05, 3.63) is 12.2 Å². The molecule has 0 saturated carbocycles. The maximum Gasteiger partial charge on any atom is 0.212 e. The van der Waals surface area contributed by atoms with Gasteiger partial charge in [0, 0.05) is 13.0 Å². The molecule has 0 aliphatic carbocycles. The highest BCUT2D eigenvalue weighted by atomic mass is 16.5. The number of nitrogens with two attached hydrogens (primary N) is 1.